The molecule has 94 valence electrons. The average molecular weight is 300 g/mol. The summed E-state index contributed by atoms with van der Waals surface area (Å²) in [5.41, 5.74) is 3.36. The number of hydrazine groups is 1. The smallest absolute Gasteiger partial charge is 0.235 e. The molecular weight excluding hydrogens is 282 g/mol. The predicted molar refractivity (Wildman–Crippen MR) is 72.0 cm³/mol. The number of benzene rings is 1. The predicted octanol–water partition coefficient (Wildman–Crippen LogP) is 1.65. The number of carbonyl (C=O) groups is 1. The number of halogens is 1. The average Bonchev–Trinajstić information content (AvgIpc) is 2.28. The Morgan fingerprint density at radius 1 is 1.59 bits per heavy atom. The lowest BCUT2D eigenvalue weighted by atomic mass is 10.1. The zero-order valence-corrected chi connectivity index (χ0v) is 11.7. The van der Waals surface area contributed by atoms with Crippen LogP contribution in [0.25, 0.3) is 0 Å². The Bertz CT molecular complexity index is 384. The summed E-state index contributed by atoms with van der Waals surface area (Å²) in [6.07, 6.45) is 0.404. The molecule has 1 amide bonds. The van der Waals surface area contributed by atoms with Crippen LogP contribution in [0.4, 0.5) is 0 Å². The first kappa shape index (κ1) is 14.2. The van der Waals surface area contributed by atoms with E-state index in [-0.39, 0.29) is 11.9 Å². The molecule has 0 aliphatic heterocycles. The van der Waals surface area contributed by atoms with Crippen LogP contribution in [0.2, 0.25) is 0 Å². The van der Waals surface area contributed by atoms with Gasteiger partial charge in [-0.2, -0.15) is 0 Å². The molecule has 0 heterocycles. The number of nitrogens with two attached hydrogens (primary N) is 1. The number of rotatable bonds is 5. The molecule has 1 aromatic carbocycles. The lowest BCUT2D eigenvalue weighted by Gasteiger charge is -2.24. The number of hydrogen-bond acceptors (Lipinski definition) is 3. The normalized spacial score (nSPS) is 12.5. The van der Waals surface area contributed by atoms with Crippen molar-refractivity contribution >= 4 is 21.8 Å². The Morgan fingerprint density at radius 3 is 2.88 bits per heavy atom. The first-order valence-electron chi connectivity index (χ1n) is 5.47. The number of hydrogen-bond donors (Lipinski definition) is 2. The van der Waals surface area contributed by atoms with Crippen LogP contribution in [-0.4, -0.2) is 23.9 Å². The topological polar surface area (TPSA) is 58.4 Å². The van der Waals surface area contributed by atoms with Gasteiger partial charge in [0.15, 0.2) is 0 Å². The maximum atomic E-state index is 11.2. The third-order valence-corrected chi connectivity index (χ3v) is 3.21. The highest BCUT2D eigenvalue weighted by Crippen LogP contribution is 2.14. The number of carbonyl (C=O) groups excluding carboxylic acids is 1. The van der Waals surface area contributed by atoms with Gasteiger partial charge in [0.05, 0.1) is 0 Å². The molecule has 0 saturated carbocycles. The molecule has 4 nitrogen and oxygen atoms in total. The van der Waals surface area contributed by atoms with Crippen LogP contribution in [0, 0.1) is 0 Å². The zero-order chi connectivity index (χ0) is 12.8. The minimum atomic E-state index is -0.140. The van der Waals surface area contributed by atoms with E-state index < -0.39 is 0 Å². The van der Waals surface area contributed by atoms with Gasteiger partial charge >= 0.3 is 0 Å². The van der Waals surface area contributed by atoms with E-state index in [9.17, 15) is 4.79 Å². The lowest BCUT2D eigenvalue weighted by molar-refractivity contribution is -0.122. The summed E-state index contributed by atoms with van der Waals surface area (Å²) in [5, 5.41) is 0. The molecule has 0 aromatic heterocycles. The van der Waals surface area contributed by atoms with E-state index in [2.05, 4.69) is 38.4 Å². The van der Waals surface area contributed by atoms with E-state index in [0.717, 1.165) is 11.0 Å². The van der Waals surface area contributed by atoms with Crippen molar-refractivity contribution in [2.45, 2.75) is 25.9 Å². The van der Waals surface area contributed by atoms with Gasteiger partial charge in [-0.1, -0.05) is 28.1 Å². The quantitative estimate of drug-likeness (QED) is 0.494. The Hall–Kier alpha value is -0.910. The molecule has 0 fully saturated rings. The van der Waals surface area contributed by atoms with Gasteiger partial charge < -0.3 is 0 Å². The summed E-state index contributed by atoms with van der Waals surface area (Å²) >= 11 is 3.44. The molecule has 0 saturated heterocycles. The van der Waals surface area contributed by atoms with Crippen molar-refractivity contribution in [1.29, 1.82) is 0 Å². The third kappa shape index (κ3) is 4.85. The summed E-state index contributed by atoms with van der Waals surface area (Å²) < 4.78 is 1.07. The summed E-state index contributed by atoms with van der Waals surface area (Å²) in [6, 6.07) is 8.29. The second-order valence-corrected chi connectivity index (χ2v) is 5.08. The first-order chi connectivity index (χ1) is 8.02. The third-order valence-electron chi connectivity index (χ3n) is 2.72. The van der Waals surface area contributed by atoms with E-state index in [1.165, 1.54) is 5.56 Å². The van der Waals surface area contributed by atoms with Gasteiger partial charge in [-0.3, -0.25) is 15.1 Å². The van der Waals surface area contributed by atoms with Crippen molar-refractivity contribution in [2.75, 3.05) is 7.05 Å². The van der Waals surface area contributed by atoms with Gasteiger partial charge in [0.25, 0.3) is 0 Å². The second-order valence-electron chi connectivity index (χ2n) is 4.17. The van der Waals surface area contributed by atoms with E-state index in [1.54, 1.807) is 0 Å². The number of nitrogens with one attached hydrogen (secondary N) is 1. The van der Waals surface area contributed by atoms with Crippen LogP contribution in [0.1, 0.15) is 18.9 Å². The summed E-state index contributed by atoms with van der Waals surface area (Å²) in [6.45, 7) is 2.81. The lowest BCUT2D eigenvalue weighted by Crippen LogP contribution is -2.37. The van der Waals surface area contributed by atoms with E-state index in [4.69, 9.17) is 5.84 Å². The molecule has 1 unspecified atom stereocenters. The van der Waals surface area contributed by atoms with Crippen LogP contribution >= 0.6 is 15.9 Å². The molecule has 1 rings (SSSR count). The van der Waals surface area contributed by atoms with Crippen molar-refractivity contribution in [3.8, 4) is 0 Å². The summed E-state index contributed by atoms with van der Waals surface area (Å²) in [7, 11) is 2.00. The van der Waals surface area contributed by atoms with Crippen molar-refractivity contribution in [2.24, 2.45) is 5.84 Å². The number of nitrogens with zero attached hydrogens (tertiary/aromatic N) is 1. The maximum Gasteiger partial charge on any atom is 0.235 e. The van der Waals surface area contributed by atoms with Gasteiger partial charge in [-0.15, -0.1) is 0 Å². The van der Waals surface area contributed by atoms with Crippen LogP contribution in [0.5, 0.6) is 0 Å². The molecule has 1 atom stereocenters. The Morgan fingerprint density at radius 2 is 2.29 bits per heavy atom. The maximum absolute atomic E-state index is 11.2. The molecular formula is C12H18BrN3O. The van der Waals surface area contributed by atoms with Gasteiger partial charge in [0.1, 0.15) is 0 Å². The second kappa shape index (κ2) is 6.74. The molecule has 0 radical (unpaired) electrons. The Labute approximate surface area is 110 Å². The minimum absolute atomic E-state index is 0.140. The highest BCUT2D eigenvalue weighted by Gasteiger charge is 2.13. The number of amides is 1. The van der Waals surface area contributed by atoms with E-state index in [1.807, 2.05) is 26.1 Å². The Kier molecular flexibility index (Phi) is 5.61. The highest BCUT2D eigenvalue weighted by molar-refractivity contribution is 9.10. The molecule has 3 N–H and O–H groups in total. The van der Waals surface area contributed by atoms with Crippen molar-refractivity contribution < 1.29 is 4.79 Å². The molecule has 5 heteroatoms. The molecule has 0 bridgehead atoms. The van der Waals surface area contributed by atoms with Crippen LogP contribution < -0.4 is 11.3 Å². The molecule has 0 aliphatic rings. The summed E-state index contributed by atoms with van der Waals surface area (Å²) in [5.74, 6) is 4.93. The van der Waals surface area contributed by atoms with Gasteiger partial charge in [-0.05, 0) is 31.7 Å². The highest BCUT2D eigenvalue weighted by atomic mass is 79.9. The molecule has 0 spiro atoms. The zero-order valence-electron chi connectivity index (χ0n) is 10.1. The molecule has 1 aromatic rings. The van der Waals surface area contributed by atoms with Gasteiger partial charge in [0.2, 0.25) is 5.91 Å². The SMILES string of the molecule is CC(CC(=O)NN)N(C)Cc1cccc(Br)c1. The molecule has 0 aliphatic carbocycles. The largest absolute Gasteiger partial charge is 0.299 e. The first-order valence-corrected chi connectivity index (χ1v) is 6.26. The van der Waals surface area contributed by atoms with Crippen LogP contribution in [0.15, 0.2) is 28.7 Å². The fraction of sp³-hybridized carbons (Fsp3) is 0.417. The van der Waals surface area contributed by atoms with Gasteiger partial charge in [-0.25, -0.2) is 5.84 Å². The minimum Gasteiger partial charge on any atom is -0.299 e. The fourth-order valence-corrected chi connectivity index (χ4v) is 2.01. The monoisotopic (exact) mass is 299 g/mol. The standard InChI is InChI=1S/C12H18BrN3O/c1-9(6-12(17)15-14)16(2)8-10-4-3-5-11(13)7-10/h3-5,7,9H,6,8,14H2,1-2H3,(H,15,17). The van der Waals surface area contributed by atoms with Crippen molar-refractivity contribution in [3.63, 3.8) is 0 Å². The van der Waals surface area contributed by atoms with Gasteiger partial charge in [0, 0.05) is 23.5 Å². The van der Waals surface area contributed by atoms with E-state index >= 15 is 0 Å². The van der Waals surface area contributed by atoms with Crippen molar-refractivity contribution in [1.82, 2.24) is 10.3 Å². The van der Waals surface area contributed by atoms with E-state index in [0.29, 0.717) is 6.42 Å². The van der Waals surface area contributed by atoms with Crippen LogP contribution in [-0.2, 0) is 11.3 Å². The van der Waals surface area contributed by atoms with Crippen molar-refractivity contribution in [3.05, 3.63) is 34.3 Å². The summed E-state index contributed by atoms with van der Waals surface area (Å²) in [4.78, 5) is 13.3. The fourth-order valence-electron chi connectivity index (χ4n) is 1.56. The molecule has 17 heavy (non-hydrogen) atoms. The Balaban J connectivity index is 2.53. The van der Waals surface area contributed by atoms with Crippen LogP contribution in [0.3, 0.4) is 0 Å².